The summed E-state index contributed by atoms with van der Waals surface area (Å²) in [6.07, 6.45) is 0.904. The van der Waals surface area contributed by atoms with Gasteiger partial charge in [0.15, 0.2) is 0 Å². The van der Waals surface area contributed by atoms with Crippen LogP contribution >= 0.6 is 0 Å². The molecule has 14 heavy (non-hydrogen) atoms. The molecule has 1 aromatic rings. The van der Waals surface area contributed by atoms with Gasteiger partial charge in [-0.25, -0.2) is 9.97 Å². The van der Waals surface area contributed by atoms with Gasteiger partial charge in [0, 0.05) is 16.7 Å². The van der Waals surface area contributed by atoms with E-state index in [0.29, 0.717) is 5.82 Å². The van der Waals surface area contributed by atoms with Crippen molar-refractivity contribution in [1.82, 2.24) is 9.97 Å². The van der Waals surface area contributed by atoms with Gasteiger partial charge in [-0.3, -0.25) is 0 Å². The summed E-state index contributed by atoms with van der Waals surface area (Å²) < 4.78 is 0. The van der Waals surface area contributed by atoms with Crippen molar-refractivity contribution in [2.75, 3.05) is 5.73 Å². The zero-order chi connectivity index (χ0) is 10.9. The van der Waals surface area contributed by atoms with Crippen molar-refractivity contribution in [2.45, 2.75) is 46.5 Å². The van der Waals surface area contributed by atoms with Gasteiger partial charge in [0.05, 0.1) is 0 Å². The number of nitrogen functional groups attached to an aromatic ring is 1. The van der Waals surface area contributed by atoms with Crippen molar-refractivity contribution >= 4 is 5.82 Å². The molecule has 2 N–H and O–H groups in total. The highest BCUT2D eigenvalue weighted by Gasteiger charge is 2.19. The molecule has 3 nitrogen and oxygen atoms in total. The number of hydrogen-bond acceptors (Lipinski definition) is 3. The van der Waals surface area contributed by atoms with Crippen LogP contribution in [0.2, 0.25) is 0 Å². The van der Waals surface area contributed by atoms with Crippen molar-refractivity contribution in [3.63, 3.8) is 0 Å². The lowest BCUT2D eigenvalue weighted by Gasteiger charge is -2.18. The molecule has 0 atom stereocenters. The van der Waals surface area contributed by atoms with Crippen LogP contribution in [0, 0.1) is 6.92 Å². The number of nitrogens with zero attached hydrogens (tertiary/aromatic N) is 2. The number of aromatic nitrogens is 2. The average Bonchev–Trinajstić information content (AvgIpc) is 2.07. The van der Waals surface area contributed by atoms with Crippen molar-refractivity contribution in [3.8, 4) is 0 Å². The zero-order valence-corrected chi connectivity index (χ0v) is 9.68. The van der Waals surface area contributed by atoms with Crippen LogP contribution in [0.15, 0.2) is 0 Å². The molecule has 0 saturated heterocycles. The molecule has 0 bridgehead atoms. The Morgan fingerprint density at radius 3 is 2.21 bits per heavy atom. The van der Waals surface area contributed by atoms with E-state index in [0.717, 1.165) is 23.5 Å². The van der Waals surface area contributed by atoms with E-state index in [9.17, 15) is 0 Å². The van der Waals surface area contributed by atoms with Crippen molar-refractivity contribution in [3.05, 3.63) is 17.1 Å². The van der Waals surface area contributed by atoms with Crippen LogP contribution in [0.4, 0.5) is 5.82 Å². The van der Waals surface area contributed by atoms with E-state index in [1.165, 1.54) is 0 Å². The van der Waals surface area contributed by atoms with Gasteiger partial charge in [-0.05, 0) is 13.3 Å². The van der Waals surface area contributed by atoms with Crippen molar-refractivity contribution < 1.29 is 0 Å². The van der Waals surface area contributed by atoms with Crippen LogP contribution in [0.1, 0.15) is 44.8 Å². The van der Waals surface area contributed by atoms with Gasteiger partial charge in [0.2, 0.25) is 0 Å². The molecule has 0 amide bonds. The first-order valence-corrected chi connectivity index (χ1v) is 4.99. The van der Waals surface area contributed by atoms with E-state index in [2.05, 4.69) is 37.7 Å². The summed E-state index contributed by atoms with van der Waals surface area (Å²) in [5.41, 5.74) is 7.88. The lowest BCUT2D eigenvalue weighted by molar-refractivity contribution is 0.542. The lowest BCUT2D eigenvalue weighted by atomic mass is 9.95. The largest absolute Gasteiger partial charge is 0.383 e. The fourth-order valence-electron chi connectivity index (χ4n) is 1.26. The lowest BCUT2D eigenvalue weighted by Crippen LogP contribution is -2.19. The standard InChI is InChI=1S/C11H19N3/c1-6-8-7(2)9(12)14-10(13-8)11(3,4)5/h6H2,1-5H3,(H2,12,13,14). The summed E-state index contributed by atoms with van der Waals surface area (Å²) in [4.78, 5) is 8.85. The van der Waals surface area contributed by atoms with Crippen molar-refractivity contribution in [1.29, 1.82) is 0 Å². The summed E-state index contributed by atoms with van der Waals surface area (Å²) in [5, 5.41) is 0. The summed E-state index contributed by atoms with van der Waals surface area (Å²) >= 11 is 0. The Kier molecular flexibility index (Phi) is 2.79. The number of anilines is 1. The molecule has 0 aliphatic rings. The minimum absolute atomic E-state index is 0.0360. The normalized spacial score (nSPS) is 11.8. The second-order valence-corrected chi connectivity index (χ2v) is 4.61. The second-order valence-electron chi connectivity index (χ2n) is 4.61. The Bertz CT molecular complexity index is 337. The quantitative estimate of drug-likeness (QED) is 0.744. The third-order valence-electron chi connectivity index (χ3n) is 2.29. The van der Waals surface area contributed by atoms with Crippen LogP contribution < -0.4 is 5.73 Å². The number of nitrogens with two attached hydrogens (primary N) is 1. The Hall–Kier alpha value is -1.12. The number of hydrogen-bond donors (Lipinski definition) is 1. The van der Waals surface area contributed by atoms with E-state index in [4.69, 9.17) is 5.73 Å². The van der Waals surface area contributed by atoms with Crippen LogP contribution in [0.5, 0.6) is 0 Å². The van der Waals surface area contributed by atoms with Crippen LogP contribution in [-0.4, -0.2) is 9.97 Å². The molecule has 1 heterocycles. The van der Waals surface area contributed by atoms with Crippen LogP contribution in [0.25, 0.3) is 0 Å². The molecule has 0 spiro atoms. The predicted molar refractivity (Wildman–Crippen MR) is 59.3 cm³/mol. The maximum atomic E-state index is 5.84. The number of aryl methyl sites for hydroxylation is 1. The first kappa shape index (κ1) is 11.0. The molecule has 0 radical (unpaired) electrons. The molecule has 0 aliphatic carbocycles. The molecule has 3 heteroatoms. The Morgan fingerprint density at radius 2 is 1.79 bits per heavy atom. The maximum Gasteiger partial charge on any atom is 0.136 e. The molecule has 0 unspecified atom stereocenters. The average molecular weight is 193 g/mol. The van der Waals surface area contributed by atoms with Crippen LogP contribution in [-0.2, 0) is 11.8 Å². The fraction of sp³-hybridized carbons (Fsp3) is 0.636. The van der Waals surface area contributed by atoms with Gasteiger partial charge in [-0.1, -0.05) is 27.7 Å². The Labute approximate surface area is 85.8 Å². The molecule has 78 valence electrons. The molecule has 0 aromatic carbocycles. The Balaban J connectivity index is 3.30. The van der Waals surface area contributed by atoms with Crippen LogP contribution in [0.3, 0.4) is 0 Å². The molecular formula is C11H19N3. The van der Waals surface area contributed by atoms with E-state index in [-0.39, 0.29) is 5.41 Å². The molecular weight excluding hydrogens is 174 g/mol. The highest BCUT2D eigenvalue weighted by molar-refractivity contribution is 5.41. The van der Waals surface area contributed by atoms with E-state index >= 15 is 0 Å². The predicted octanol–water partition coefficient (Wildman–Crippen LogP) is 2.23. The summed E-state index contributed by atoms with van der Waals surface area (Å²) in [7, 11) is 0. The minimum Gasteiger partial charge on any atom is -0.383 e. The van der Waals surface area contributed by atoms with E-state index in [1.807, 2.05) is 6.92 Å². The molecule has 0 aliphatic heterocycles. The van der Waals surface area contributed by atoms with Crippen molar-refractivity contribution in [2.24, 2.45) is 0 Å². The fourth-order valence-corrected chi connectivity index (χ4v) is 1.26. The van der Waals surface area contributed by atoms with Gasteiger partial charge in [-0.2, -0.15) is 0 Å². The SMILES string of the molecule is CCc1nc(C(C)(C)C)nc(N)c1C. The molecule has 1 rings (SSSR count). The van der Waals surface area contributed by atoms with E-state index < -0.39 is 0 Å². The number of rotatable bonds is 1. The third kappa shape index (κ3) is 2.03. The van der Waals surface area contributed by atoms with Gasteiger partial charge >= 0.3 is 0 Å². The zero-order valence-electron chi connectivity index (χ0n) is 9.68. The monoisotopic (exact) mass is 193 g/mol. The third-order valence-corrected chi connectivity index (χ3v) is 2.29. The second kappa shape index (κ2) is 3.56. The maximum absolute atomic E-state index is 5.84. The summed E-state index contributed by atoms with van der Waals surface area (Å²) in [5.74, 6) is 1.44. The first-order chi connectivity index (χ1) is 6.36. The smallest absolute Gasteiger partial charge is 0.136 e. The topological polar surface area (TPSA) is 51.8 Å². The van der Waals surface area contributed by atoms with E-state index in [1.54, 1.807) is 0 Å². The molecule has 0 saturated carbocycles. The molecule has 0 fully saturated rings. The minimum atomic E-state index is -0.0360. The van der Waals surface area contributed by atoms with Gasteiger partial charge in [0.1, 0.15) is 11.6 Å². The highest BCUT2D eigenvalue weighted by atomic mass is 15.0. The summed E-state index contributed by atoms with van der Waals surface area (Å²) in [6.45, 7) is 10.3. The van der Waals surface area contributed by atoms with Gasteiger partial charge < -0.3 is 5.73 Å². The first-order valence-electron chi connectivity index (χ1n) is 4.99. The van der Waals surface area contributed by atoms with Gasteiger partial charge in [0.25, 0.3) is 0 Å². The summed E-state index contributed by atoms with van der Waals surface area (Å²) in [6, 6.07) is 0. The molecule has 1 aromatic heterocycles. The van der Waals surface area contributed by atoms with Gasteiger partial charge in [-0.15, -0.1) is 0 Å². The highest BCUT2D eigenvalue weighted by Crippen LogP contribution is 2.22. The Morgan fingerprint density at radius 1 is 1.21 bits per heavy atom.